The summed E-state index contributed by atoms with van der Waals surface area (Å²) in [6.45, 7) is -0.574. The van der Waals surface area contributed by atoms with Gasteiger partial charge in [0.25, 0.3) is 0 Å². The van der Waals surface area contributed by atoms with Crippen molar-refractivity contribution in [1.82, 2.24) is 4.90 Å². The van der Waals surface area contributed by atoms with Crippen LogP contribution >= 0.6 is 22.6 Å². The van der Waals surface area contributed by atoms with Gasteiger partial charge in [-0.3, -0.25) is 4.90 Å². The summed E-state index contributed by atoms with van der Waals surface area (Å²) in [6, 6.07) is 12.1. The Morgan fingerprint density at radius 3 is 2.50 bits per heavy atom. The Morgan fingerprint density at radius 1 is 1.12 bits per heavy atom. The fourth-order valence-electron chi connectivity index (χ4n) is 3.31. The zero-order chi connectivity index (χ0) is 17.3. The van der Waals surface area contributed by atoms with Gasteiger partial charge in [-0.15, -0.1) is 0 Å². The SMILES string of the molecule is Oc1ccc2c(c1)CCCN(CC(F)(F)F)C2c1ccc(I)cc1. The van der Waals surface area contributed by atoms with Crippen LogP contribution in [0.25, 0.3) is 0 Å². The van der Waals surface area contributed by atoms with Gasteiger partial charge in [-0.2, -0.15) is 13.2 Å². The molecule has 1 atom stereocenters. The number of fused-ring (bicyclic) bond motifs is 1. The highest BCUT2D eigenvalue weighted by Gasteiger charge is 2.36. The van der Waals surface area contributed by atoms with E-state index < -0.39 is 18.8 Å². The molecule has 1 aliphatic rings. The van der Waals surface area contributed by atoms with E-state index in [0.717, 1.165) is 20.3 Å². The average molecular weight is 447 g/mol. The highest BCUT2D eigenvalue weighted by molar-refractivity contribution is 14.1. The second-order valence-corrected chi connectivity index (χ2v) is 7.27. The molecule has 0 fully saturated rings. The molecule has 1 aliphatic heterocycles. The summed E-state index contributed by atoms with van der Waals surface area (Å²) < 4.78 is 40.3. The Hall–Kier alpha value is -1.28. The zero-order valence-corrected chi connectivity index (χ0v) is 15.0. The van der Waals surface area contributed by atoms with Gasteiger partial charge in [0.2, 0.25) is 0 Å². The van der Waals surface area contributed by atoms with E-state index in [-0.39, 0.29) is 5.75 Å². The molecule has 0 saturated carbocycles. The molecule has 2 nitrogen and oxygen atoms in total. The number of rotatable bonds is 2. The first kappa shape index (κ1) is 17.5. The predicted molar refractivity (Wildman–Crippen MR) is 95.1 cm³/mol. The van der Waals surface area contributed by atoms with Crippen molar-refractivity contribution in [2.24, 2.45) is 0 Å². The van der Waals surface area contributed by atoms with Crippen LogP contribution in [0, 0.1) is 3.57 Å². The summed E-state index contributed by atoms with van der Waals surface area (Å²) in [7, 11) is 0. The fourth-order valence-corrected chi connectivity index (χ4v) is 3.67. The summed E-state index contributed by atoms with van der Waals surface area (Å²) in [5.41, 5.74) is 2.60. The molecule has 0 spiro atoms. The second-order valence-electron chi connectivity index (χ2n) is 6.03. The van der Waals surface area contributed by atoms with Gasteiger partial charge >= 0.3 is 6.18 Å². The summed E-state index contributed by atoms with van der Waals surface area (Å²) in [6.07, 6.45) is -2.95. The van der Waals surface area contributed by atoms with Gasteiger partial charge in [0.1, 0.15) is 5.75 Å². The maximum atomic E-state index is 13.1. The molecule has 0 saturated heterocycles. The van der Waals surface area contributed by atoms with Crippen molar-refractivity contribution in [2.75, 3.05) is 13.1 Å². The maximum Gasteiger partial charge on any atom is 0.401 e. The quantitative estimate of drug-likeness (QED) is 0.663. The number of halogens is 4. The molecule has 1 N–H and O–H groups in total. The van der Waals surface area contributed by atoms with Crippen LogP contribution in [0.2, 0.25) is 0 Å². The third-order valence-corrected chi connectivity index (χ3v) is 4.97. The molecule has 2 aromatic carbocycles. The molecule has 24 heavy (non-hydrogen) atoms. The van der Waals surface area contributed by atoms with Crippen LogP contribution in [-0.2, 0) is 6.42 Å². The molecule has 1 heterocycles. The predicted octanol–water partition coefficient (Wildman–Crippen LogP) is 4.90. The van der Waals surface area contributed by atoms with Crippen LogP contribution in [0.15, 0.2) is 42.5 Å². The largest absolute Gasteiger partial charge is 0.508 e. The van der Waals surface area contributed by atoms with E-state index in [1.165, 1.54) is 4.90 Å². The molecule has 0 amide bonds. The summed E-state index contributed by atoms with van der Waals surface area (Å²) >= 11 is 2.18. The lowest BCUT2D eigenvalue weighted by Gasteiger charge is -2.32. The minimum absolute atomic E-state index is 0.152. The Kier molecular flexibility index (Phi) is 5.05. The van der Waals surface area contributed by atoms with E-state index in [1.54, 1.807) is 18.2 Å². The highest BCUT2D eigenvalue weighted by Crippen LogP contribution is 2.37. The number of benzene rings is 2. The Bertz CT molecular complexity index is 715. The van der Waals surface area contributed by atoms with E-state index in [9.17, 15) is 18.3 Å². The number of hydrogen-bond donors (Lipinski definition) is 1. The van der Waals surface area contributed by atoms with Crippen molar-refractivity contribution in [1.29, 1.82) is 0 Å². The van der Waals surface area contributed by atoms with E-state index in [2.05, 4.69) is 22.6 Å². The number of aryl methyl sites for hydroxylation is 1. The molecule has 3 rings (SSSR count). The Morgan fingerprint density at radius 2 is 1.83 bits per heavy atom. The van der Waals surface area contributed by atoms with Gasteiger partial charge in [0.15, 0.2) is 0 Å². The molecular weight excluding hydrogens is 430 g/mol. The maximum absolute atomic E-state index is 13.1. The first-order valence-corrected chi connectivity index (χ1v) is 8.79. The normalized spacial score (nSPS) is 18.9. The molecular formula is C18H17F3INO. The first-order chi connectivity index (χ1) is 11.3. The molecule has 0 radical (unpaired) electrons. The van der Waals surface area contributed by atoms with Crippen molar-refractivity contribution in [2.45, 2.75) is 25.1 Å². The van der Waals surface area contributed by atoms with Crippen LogP contribution in [0.3, 0.4) is 0 Å². The smallest absolute Gasteiger partial charge is 0.401 e. The Labute approximate surface area is 152 Å². The van der Waals surface area contributed by atoms with Gasteiger partial charge in [-0.05, 0) is 82.9 Å². The van der Waals surface area contributed by atoms with Gasteiger partial charge < -0.3 is 5.11 Å². The monoisotopic (exact) mass is 447 g/mol. The van der Waals surface area contributed by atoms with Crippen LogP contribution in [0.5, 0.6) is 5.75 Å². The van der Waals surface area contributed by atoms with Crippen molar-refractivity contribution >= 4 is 22.6 Å². The van der Waals surface area contributed by atoms with E-state index in [4.69, 9.17) is 0 Å². The van der Waals surface area contributed by atoms with Crippen molar-refractivity contribution in [3.8, 4) is 5.75 Å². The summed E-state index contributed by atoms with van der Waals surface area (Å²) in [5.74, 6) is 0.152. The topological polar surface area (TPSA) is 23.5 Å². The van der Waals surface area contributed by atoms with E-state index >= 15 is 0 Å². The number of aromatic hydroxyl groups is 1. The van der Waals surface area contributed by atoms with Gasteiger partial charge in [0, 0.05) is 3.57 Å². The van der Waals surface area contributed by atoms with Crippen LogP contribution < -0.4 is 0 Å². The standard InChI is InChI=1S/C18H17F3INO/c19-18(20,21)11-23-9-1-2-13-10-15(24)7-8-16(13)17(23)12-3-5-14(22)6-4-12/h3-8,10,17,24H,1-2,9,11H2. The number of nitrogens with zero attached hydrogens (tertiary/aromatic N) is 1. The number of phenols is 1. The molecule has 128 valence electrons. The van der Waals surface area contributed by atoms with Crippen molar-refractivity contribution in [3.63, 3.8) is 0 Å². The first-order valence-electron chi connectivity index (χ1n) is 7.71. The van der Waals surface area contributed by atoms with Crippen molar-refractivity contribution < 1.29 is 18.3 Å². The molecule has 2 aromatic rings. The van der Waals surface area contributed by atoms with Gasteiger partial charge in [-0.25, -0.2) is 0 Å². The van der Waals surface area contributed by atoms with Crippen molar-refractivity contribution in [3.05, 3.63) is 62.7 Å². The second kappa shape index (κ2) is 6.92. The minimum Gasteiger partial charge on any atom is -0.508 e. The highest BCUT2D eigenvalue weighted by atomic mass is 127. The van der Waals surface area contributed by atoms with Crippen LogP contribution in [0.1, 0.15) is 29.2 Å². The number of alkyl halides is 3. The molecule has 6 heteroatoms. The Balaban J connectivity index is 2.09. The molecule has 0 aliphatic carbocycles. The van der Waals surface area contributed by atoms with E-state index in [0.29, 0.717) is 19.4 Å². The third kappa shape index (κ3) is 4.03. The average Bonchev–Trinajstić information content (AvgIpc) is 2.65. The lowest BCUT2D eigenvalue weighted by Crippen LogP contribution is -2.37. The van der Waals surface area contributed by atoms with Crippen LogP contribution in [0.4, 0.5) is 13.2 Å². The number of hydrogen-bond acceptors (Lipinski definition) is 2. The van der Waals surface area contributed by atoms with Gasteiger partial charge in [-0.1, -0.05) is 18.2 Å². The van der Waals surface area contributed by atoms with Crippen LogP contribution in [-0.4, -0.2) is 29.3 Å². The summed E-state index contributed by atoms with van der Waals surface area (Å²) in [5, 5.41) is 9.73. The van der Waals surface area contributed by atoms with Gasteiger partial charge in [0.05, 0.1) is 12.6 Å². The summed E-state index contributed by atoms with van der Waals surface area (Å²) in [4.78, 5) is 1.49. The fraction of sp³-hybridized carbons (Fsp3) is 0.333. The molecule has 0 bridgehead atoms. The zero-order valence-electron chi connectivity index (χ0n) is 12.9. The lowest BCUT2D eigenvalue weighted by molar-refractivity contribution is -0.149. The third-order valence-electron chi connectivity index (χ3n) is 4.25. The molecule has 0 aromatic heterocycles. The number of phenolic OH excluding ortho intramolecular Hbond substituents is 1. The molecule has 1 unspecified atom stereocenters. The van der Waals surface area contributed by atoms with E-state index in [1.807, 2.05) is 24.3 Å². The minimum atomic E-state index is -4.25. The lowest BCUT2D eigenvalue weighted by atomic mass is 9.93.